The molecule has 1 radical (unpaired) electrons. The maximum atomic E-state index is 11.9. The summed E-state index contributed by atoms with van der Waals surface area (Å²) >= 11 is 0. The van der Waals surface area contributed by atoms with Gasteiger partial charge in [0.2, 0.25) is 5.91 Å². The first kappa shape index (κ1) is 11.7. The Morgan fingerprint density at radius 3 is 2.61 bits per heavy atom. The number of carbonyl (C=O) groups excluding carboxylic acids is 1. The normalized spacial score (nSPS) is 21.0. The molecule has 1 saturated heterocycles. The summed E-state index contributed by atoms with van der Waals surface area (Å²) in [6.07, 6.45) is 2.22. The average molecular weight is 243 g/mol. The summed E-state index contributed by atoms with van der Waals surface area (Å²) in [7, 11) is 0. The highest BCUT2D eigenvalue weighted by Gasteiger charge is 2.34. The van der Waals surface area contributed by atoms with Crippen LogP contribution in [0.5, 0.6) is 0 Å². The van der Waals surface area contributed by atoms with E-state index in [9.17, 15) is 4.79 Å². The lowest BCUT2D eigenvalue weighted by atomic mass is 10.2. The predicted molar refractivity (Wildman–Crippen MR) is 69.9 cm³/mol. The lowest BCUT2D eigenvalue weighted by Gasteiger charge is -2.34. The van der Waals surface area contributed by atoms with Crippen LogP contribution in [-0.2, 0) is 11.3 Å². The van der Waals surface area contributed by atoms with Gasteiger partial charge in [0.25, 0.3) is 0 Å². The summed E-state index contributed by atoms with van der Waals surface area (Å²) in [5, 5.41) is 0. The molecule has 0 aromatic heterocycles. The average Bonchev–Trinajstić information content (AvgIpc) is 3.24. The summed E-state index contributed by atoms with van der Waals surface area (Å²) in [6.45, 7) is 4.71. The topological polar surface area (TPSA) is 23.6 Å². The Hall–Kier alpha value is -1.35. The minimum absolute atomic E-state index is 0.360. The van der Waals surface area contributed by atoms with Gasteiger partial charge < -0.3 is 4.90 Å². The van der Waals surface area contributed by atoms with Crippen molar-refractivity contribution in [2.45, 2.75) is 19.4 Å². The molecule has 1 aromatic carbocycles. The van der Waals surface area contributed by atoms with Crippen LogP contribution in [0.4, 0.5) is 0 Å². The Bertz CT molecular complexity index is 406. The molecular weight excluding hydrogens is 224 g/mol. The van der Waals surface area contributed by atoms with Gasteiger partial charge in [-0.1, -0.05) is 24.3 Å². The first-order valence-corrected chi connectivity index (χ1v) is 6.79. The summed E-state index contributed by atoms with van der Waals surface area (Å²) in [4.78, 5) is 16.4. The highest BCUT2D eigenvalue weighted by molar-refractivity contribution is 5.81. The van der Waals surface area contributed by atoms with Crippen LogP contribution in [0.1, 0.15) is 18.4 Å². The van der Waals surface area contributed by atoms with Crippen molar-refractivity contribution < 1.29 is 4.79 Å². The van der Waals surface area contributed by atoms with Gasteiger partial charge in [-0.3, -0.25) is 9.69 Å². The van der Waals surface area contributed by atoms with Crippen LogP contribution in [0.3, 0.4) is 0 Å². The summed E-state index contributed by atoms with van der Waals surface area (Å²) in [5.41, 5.74) is 1.24. The molecule has 2 fully saturated rings. The summed E-state index contributed by atoms with van der Waals surface area (Å²) < 4.78 is 0. The van der Waals surface area contributed by atoms with Gasteiger partial charge in [-0.25, -0.2) is 0 Å². The number of nitrogens with zero attached hydrogens (tertiary/aromatic N) is 2. The fourth-order valence-electron chi connectivity index (χ4n) is 2.48. The van der Waals surface area contributed by atoms with Crippen molar-refractivity contribution in [1.29, 1.82) is 0 Å². The molecule has 0 unspecified atom stereocenters. The van der Waals surface area contributed by atoms with E-state index in [1.54, 1.807) is 0 Å². The van der Waals surface area contributed by atoms with Gasteiger partial charge in [0.15, 0.2) is 0 Å². The van der Waals surface area contributed by atoms with Gasteiger partial charge >= 0.3 is 0 Å². The maximum Gasteiger partial charge on any atom is 0.225 e. The molecule has 0 N–H and O–H groups in total. The highest BCUT2D eigenvalue weighted by Crippen LogP contribution is 2.31. The molecule has 1 saturated carbocycles. The van der Waals surface area contributed by atoms with Crippen LogP contribution in [0.25, 0.3) is 0 Å². The molecule has 18 heavy (non-hydrogen) atoms. The lowest BCUT2D eigenvalue weighted by Crippen LogP contribution is -2.48. The summed E-state index contributed by atoms with van der Waals surface area (Å²) in [6, 6.07) is 11.4. The molecule has 1 heterocycles. The van der Waals surface area contributed by atoms with Crippen molar-refractivity contribution in [3.05, 3.63) is 35.9 Å². The number of hydrogen-bond acceptors (Lipinski definition) is 2. The molecule has 0 atom stereocenters. The van der Waals surface area contributed by atoms with Crippen molar-refractivity contribution in [3.63, 3.8) is 0 Å². The van der Waals surface area contributed by atoms with E-state index in [4.69, 9.17) is 0 Å². The fraction of sp³-hybridized carbons (Fsp3) is 0.533. The van der Waals surface area contributed by atoms with Gasteiger partial charge in [-0.2, -0.15) is 0 Å². The zero-order chi connectivity index (χ0) is 12.4. The van der Waals surface area contributed by atoms with Crippen LogP contribution in [0.15, 0.2) is 24.3 Å². The van der Waals surface area contributed by atoms with Gasteiger partial charge in [0, 0.05) is 38.6 Å². The van der Waals surface area contributed by atoms with E-state index in [0.29, 0.717) is 11.8 Å². The van der Waals surface area contributed by atoms with Crippen molar-refractivity contribution >= 4 is 5.91 Å². The smallest absolute Gasteiger partial charge is 0.225 e. The van der Waals surface area contributed by atoms with Gasteiger partial charge in [-0.05, 0) is 24.5 Å². The molecule has 3 nitrogen and oxygen atoms in total. The van der Waals surface area contributed by atoms with Gasteiger partial charge in [0.05, 0.1) is 0 Å². The SMILES string of the molecule is O=C(C1CC1)N1CCN(Cc2[c]cccc2)CC1. The third-order valence-corrected chi connectivity index (χ3v) is 3.78. The molecular formula is C15H19N2O. The second-order valence-electron chi connectivity index (χ2n) is 5.26. The summed E-state index contributed by atoms with van der Waals surface area (Å²) in [5.74, 6) is 0.750. The van der Waals surface area contributed by atoms with E-state index in [0.717, 1.165) is 45.6 Å². The van der Waals surface area contributed by atoms with Crippen LogP contribution in [0.2, 0.25) is 0 Å². The van der Waals surface area contributed by atoms with E-state index in [1.165, 1.54) is 5.56 Å². The van der Waals surface area contributed by atoms with Crippen LogP contribution in [-0.4, -0.2) is 41.9 Å². The van der Waals surface area contributed by atoms with E-state index < -0.39 is 0 Å². The van der Waals surface area contributed by atoms with Crippen molar-refractivity contribution in [3.8, 4) is 0 Å². The minimum Gasteiger partial charge on any atom is -0.340 e. The molecule has 0 bridgehead atoms. The minimum atomic E-state index is 0.360. The molecule has 1 aromatic rings. The van der Waals surface area contributed by atoms with E-state index in [2.05, 4.69) is 23.1 Å². The number of benzene rings is 1. The van der Waals surface area contributed by atoms with E-state index in [1.807, 2.05) is 17.0 Å². The maximum absolute atomic E-state index is 11.9. The van der Waals surface area contributed by atoms with Crippen molar-refractivity contribution in [1.82, 2.24) is 9.80 Å². The molecule has 95 valence electrons. The standard InChI is InChI=1S/C15H19N2O/c18-15(14-6-7-14)17-10-8-16(9-11-17)12-13-4-2-1-3-5-13/h1-4,14H,6-12H2. The molecule has 3 rings (SSSR count). The number of rotatable bonds is 3. The third-order valence-electron chi connectivity index (χ3n) is 3.78. The number of carbonyl (C=O) groups is 1. The lowest BCUT2D eigenvalue weighted by molar-refractivity contribution is -0.134. The first-order valence-electron chi connectivity index (χ1n) is 6.79. The van der Waals surface area contributed by atoms with Crippen molar-refractivity contribution in [2.24, 2.45) is 5.92 Å². The van der Waals surface area contributed by atoms with E-state index >= 15 is 0 Å². The number of piperazine rings is 1. The Balaban J connectivity index is 1.49. The zero-order valence-corrected chi connectivity index (χ0v) is 10.6. The molecule has 3 heteroatoms. The Morgan fingerprint density at radius 1 is 1.22 bits per heavy atom. The zero-order valence-electron chi connectivity index (χ0n) is 10.6. The van der Waals surface area contributed by atoms with Crippen molar-refractivity contribution in [2.75, 3.05) is 26.2 Å². The fourth-order valence-corrected chi connectivity index (χ4v) is 2.48. The number of hydrogen-bond donors (Lipinski definition) is 0. The Labute approximate surface area is 108 Å². The van der Waals surface area contributed by atoms with E-state index in [-0.39, 0.29) is 0 Å². The van der Waals surface area contributed by atoms with Crippen LogP contribution >= 0.6 is 0 Å². The molecule has 1 aliphatic carbocycles. The molecule has 1 aliphatic heterocycles. The van der Waals surface area contributed by atoms with Gasteiger partial charge in [0.1, 0.15) is 0 Å². The first-order chi connectivity index (χ1) is 8.83. The van der Waals surface area contributed by atoms with Crippen LogP contribution < -0.4 is 0 Å². The Kier molecular flexibility index (Phi) is 3.33. The monoisotopic (exact) mass is 243 g/mol. The third kappa shape index (κ3) is 2.72. The quantitative estimate of drug-likeness (QED) is 0.804. The second kappa shape index (κ2) is 5.11. The molecule has 1 amide bonds. The van der Waals surface area contributed by atoms with Gasteiger partial charge in [-0.15, -0.1) is 0 Å². The molecule has 0 spiro atoms. The number of amides is 1. The highest BCUT2D eigenvalue weighted by atomic mass is 16.2. The largest absolute Gasteiger partial charge is 0.340 e. The second-order valence-corrected chi connectivity index (χ2v) is 5.26. The Morgan fingerprint density at radius 2 is 2.00 bits per heavy atom. The predicted octanol–water partition coefficient (Wildman–Crippen LogP) is 1.54. The molecule has 2 aliphatic rings. The van der Waals surface area contributed by atoms with Crippen LogP contribution in [0, 0.1) is 12.0 Å².